The lowest BCUT2D eigenvalue weighted by Crippen LogP contribution is -2.45. The number of sulfone groups is 1. The predicted octanol–water partition coefficient (Wildman–Crippen LogP) is 1.55. The summed E-state index contributed by atoms with van der Waals surface area (Å²) in [6.45, 7) is 3.85. The van der Waals surface area contributed by atoms with Crippen molar-refractivity contribution in [3.8, 4) is 0 Å². The van der Waals surface area contributed by atoms with E-state index < -0.39 is 9.84 Å². The molecule has 1 saturated heterocycles. The van der Waals surface area contributed by atoms with Gasteiger partial charge >= 0.3 is 0 Å². The van der Waals surface area contributed by atoms with Crippen LogP contribution in [0.15, 0.2) is 0 Å². The Kier molecular flexibility index (Phi) is 5.79. The van der Waals surface area contributed by atoms with Crippen LogP contribution in [0.4, 0.5) is 0 Å². The second kappa shape index (κ2) is 6.66. The fourth-order valence-electron chi connectivity index (χ4n) is 2.80. The van der Waals surface area contributed by atoms with Gasteiger partial charge in [0.05, 0.1) is 5.75 Å². The third-order valence-electron chi connectivity index (χ3n) is 3.71. The van der Waals surface area contributed by atoms with Crippen molar-refractivity contribution in [2.24, 2.45) is 5.41 Å². The summed E-state index contributed by atoms with van der Waals surface area (Å²) in [5.41, 5.74) is -0.232. The summed E-state index contributed by atoms with van der Waals surface area (Å²) >= 11 is 0. The number of nitrogens with one attached hydrogen (secondary N) is 1. The van der Waals surface area contributed by atoms with E-state index >= 15 is 0 Å². The van der Waals surface area contributed by atoms with Crippen molar-refractivity contribution in [2.75, 3.05) is 25.1 Å². The first-order valence-corrected chi connectivity index (χ1v) is 8.87. The lowest BCUT2D eigenvalue weighted by Gasteiger charge is -2.36. The van der Waals surface area contributed by atoms with Crippen molar-refractivity contribution in [2.45, 2.75) is 45.4 Å². The van der Waals surface area contributed by atoms with Crippen LogP contribution in [0.2, 0.25) is 0 Å². The predicted molar refractivity (Wildman–Crippen MR) is 73.4 cm³/mol. The van der Waals surface area contributed by atoms with Crippen molar-refractivity contribution < 1.29 is 13.2 Å². The van der Waals surface area contributed by atoms with Crippen LogP contribution in [0.5, 0.6) is 0 Å². The molecule has 0 amide bonds. The highest BCUT2D eigenvalue weighted by Gasteiger charge is 2.37. The van der Waals surface area contributed by atoms with E-state index in [1.54, 1.807) is 0 Å². The number of piperidine rings is 1. The van der Waals surface area contributed by atoms with Gasteiger partial charge in [0.15, 0.2) is 0 Å². The van der Waals surface area contributed by atoms with Gasteiger partial charge in [0, 0.05) is 24.6 Å². The Bertz CT molecular complexity index is 364. The fraction of sp³-hybridized carbons (Fsp3) is 0.923. The van der Waals surface area contributed by atoms with E-state index in [4.69, 9.17) is 0 Å². The fourth-order valence-corrected chi connectivity index (χ4v) is 3.47. The minimum Gasteiger partial charge on any atom is -0.316 e. The smallest absolute Gasteiger partial charge is 0.147 e. The van der Waals surface area contributed by atoms with E-state index in [0.717, 1.165) is 38.8 Å². The number of Topliss-reactive ketones (excluding diaryl/α,β-unsaturated/α-hetero) is 1. The van der Waals surface area contributed by atoms with Crippen molar-refractivity contribution in [3.05, 3.63) is 0 Å². The highest BCUT2D eigenvalue weighted by atomic mass is 32.2. The van der Waals surface area contributed by atoms with E-state index in [9.17, 15) is 13.2 Å². The lowest BCUT2D eigenvalue weighted by atomic mass is 9.72. The molecule has 1 fully saturated rings. The standard InChI is InChI=1S/C13H25NO3S/c1-3-7-13(8-5-9-14-11-13)12(15)6-4-10-18(2,16)17/h14H,3-11H2,1-2H3. The molecule has 1 atom stereocenters. The van der Waals surface area contributed by atoms with Gasteiger partial charge in [0.2, 0.25) is 0 Å². The van der Waals surface area contributed by atoms with E-state index in [2.05, 4.69) is 12.2 Å². The molecule has 0 aromatic carbocycles. The molecule has 5 heteroatoms. The zero-order valence-corrected chi connectivity index (χ0v) is 12.3. The first kappa shape index (κ1) is 15.6. The summed E-state index contributed by atoms with van der Waals surface area (Å²) in [6.07, 6.45) is 5.99. The average molecular weight is 275 g/mol. The maximum absolute atomic E-state index is 12.4. The molecule has 0 aromatic rings. The van der Waals surface area contributed by atoms with Crippen LogP contribution < -0.4 is 5.32 Å². The molecule has 0 aliphatic carbocycles. The summed E-state index contributed by atoms with van der Waals surface area (Å²) in [7, 11) is -2.95. The zero-order valence-electron chi connectivity index (χ0n) is 11.5. The minimum atomic E-state index is -2.95. The zero-order chi connectivity index (χ0) is 13.6. The molecule has 4 nitrogen and oxygen atoms in total. The Morgan fingerprint density at radius 3 is 2.61 bits per heavy atom. The topological polar surface area (TPSA) is 63.2 Å². The van der Waals surface area contributed by atoms with Gasteiger partial charge in [-0.1, -0.05) is 13.3 Å². The molecule has 18 heavy (non-hydrogen) atoms. The maximum Gasteiger partial charge on any atom is 0.147 e. The minimum absolute atomic E-state index is 0.119. The number of carbonyl (C=O) groups excluding carboxylic acids is 1. The van der Waals surface area contributed by atoms with Crippen LogP contribution in [0.3, 0.4) is 0 Å². The summed E-state index contributed by atoms with van der Waals surface area (Å²) in [6, 6.07) is 0. The van der Waals surface area contributed by atoms with Crippen LogP contribution >= 0.6 is 0 Å². The Balaban J connectivity index is 2.54. The monoisotopic (exact) mass is 275 g/mol. The number of carbonyl (C=O) groups is 1. The molecule has 1 N–H and O–H groups in total. The molecule has 1 aliphatic heterocycles. The lowest BCUT2D eigenvalue weighted by molar-refractivity contribution is -0.130. The molecular weight excluding hydrogens is 250 g/mol. The summed E-state index contributed by atoms with van der Waals surface area (Å²) in [5.74, 6) is 0.370. The second-order valence-corrected chi connectivity index (χ2v) is 7.73. The number of hydrogen-bond acceptors (Lipinski definition) is 4. The van der Waals surface area contributed by atoms with E-state index in [1.165, 1.54) is 6.26 Å². The third kappa shape index (κ3) is 4.69. The molecule has 106 valence electrons. The van der Waals surface area contributed by atoms with Crippen LogP contribution in [0, 0.1) is 5.41 Å². The van der Waals surface area contributed by atoms with Crippen molar-refractivity contribution in [1.82, 2.24) is 5.32 Å². The summed E-state index contributed by atoms with van der Waals surface area (Å²) in [4.78, 5) is 12.4. The van der Waals surface area contributed by atoms with Crippen LogP contribution in [0.1, 0.15) is 45.4 Å². The molecule has 0 bridgehead atoms. The van der Waals surface area contributed by atoms with Gasteiger partial charge in [-0.25, -0.2) is 8.42 Å². The molecule has 1 heterocycles. The molecular formula is C13H25NO3S. The molecule has 0 spiro atoms. The molecule has 1 unspecified atom stereocenters. The van der Waals surface area contributed by atoms with Gasteiger partial charge < -0.3 is 5.32 Å². The normalized spacial score (nSPS) is 25.0. The Hall–Kier alpha value is -0.420. The van der Waals surface area contributed by atoms with E-state index in [0.29, 0.717) is 12.8 Å². The molecule has 0 saturated carbocycles. The van der Waals surface area contributed by atoms with Crippen LogP contribution in [-0.4, -0.2) is 39.3 Å². The Labute approximate surface area is 110 Å². The van der Waals surface area contributed by atoms with Gasteiger partial charge in [0.25, 0.3) is 0 Å². The van der Waals surface area contributed by atoms with Crippen LogP contribution in [-0.2, 0) is 14.6 Å². The first-order chi connectivity index (χ1) is 8.40. The molecule has 1 aliphatic rings. The van der Waals surface area contributed by atoms with Gasteiger partial charge in [0.1, 0.15) is 15.6 Å². The SMILES string of the molecule is CCCC1(C(=O)CCCS(C)(=O)=O)CCCNC1. The average Bonchev–Trinajstić information content (AvgIpc) is 2.29. The van der Waals surface area contributed by atoms with Gasteiger partial charge in [-0.05, 0) is 32.2 Å². The largest absolute Gasteiger partial charge is 0.316 e. The molecule has 0 aromatic heterocycles. The molecule has 1 rings (SSSR count). The Morgan fingerprint density at radius 2 is 2.11 bits per heavy atom. The van der Waals surface area contributed by atoms with Gasteiger partial charge in [-0.15, -0.1) is 0 Å². The van der Waals surface area contributed by atoms with Crippen molar-refractivity contribution in [3.63, 3.8) is 0 Å². The number of ketones is 1. The van der Waals surface area contributed by atoms with Crippen molar-refractivity contribution in [1.29, 1.82) is 0 Å². The summed E-state index contributed by atoms with van der Waals surface area (Å²) < 4.78 is 22.1. The number of hydrogen-bond donors (Lipinski definition) is 1. The van der Waals surface area contributed by atoms with Crippen molar-refractivity contribution >= 4 is 15.6 Å². The number of rotatable bonds is 7. The molecule has 0 radical (unpaired) electrons. The van der Waals surface area contributed by atoms with E-state index in [1.807, 2.05) is 0 Å². The highest BCUT2D eigenvalue weighted by Crippen LogP contribution is 2.34. The van der Waals surface area contributed by atoms with Gasteiger partial charge in [-0.3, -0.25) is 4.79 Å². The van der Waals surface area contributed by atoms with Crippen LogP contribution in [0.25, 0.3) is 0 Å². The Morgan fingerprint density at radius 1 is 1.39 bits per heavy atom. The third-order valence-corrected chi connectivity index (χ3v) is 4.74. The second-order valence-electron chi connectivity index (χ2n) is 5.47. The van der Waals surface area contributed by atoms with Gasteiger partial charge in [-0.2, -0.15) is 0 Å². The van der Waals surface area contributed by atoms with E-state index in [-0.39, 0.29) is 17.0 Å². The highest BCUT2D eigenvalue weighted by molar-refractivity contribution is 7.90. The summed E-state index contributed by atoms with van der Waals surface area (Å²) in [5, 5.41) is 3.31. The first-order valence-electron chi connectivity index (χ1n) is 6.81. The quantitative estimate of drug-likeness (QED) is 0.765. The maximum atomic E-state index is 12.4.